The van der Waals surface area contributed by atoms with Gasteiger partial charge in [-0.1, -0.05) is 13.8 Å². The molecule has 1 aromatic heterocycles. The van der Waals surface area contributed by atoms with Gasteiger partial charge in [0.15, 0.2) is 0 Å². The minimum absolute atomic E-state index is 0.639. The lowest BCUT2D eigenvalue weighted by Crippen LogP contribution is -2.38. The van der Waals surface area contributed by atoms with Crippen molar-refractivity contribution in [3.05, 3.63) is 12.3 Å². The van der Waals surface area contributed by atoms with E-state index in [0.717, 1.165) is 44.0 Å². The lowest BCUT2D eigenvalue weighted by Gasteiger charge is -2.32. The molecule has 5 nitrogen and oxygen atoms in total. The van der Waals surface area contributed by atoms with Crippen molar-refractivity contribution in [2.24, 2.45) is 11.8 Å². The molecule has 2 rings (SSSR count). The van der Waals surface area contributed by atoms with Crippen LogP contribution in [-0.2, 0) is 0 Å². The average Bonchev–Trinajstić information content (AvgIpc) is 2.48. The second-order valence-electron chi connectivity index (χ2n) is 6.11. The van der Waals surface area contributed by atoms with Gasteiger partial charge < -0.3 is 15.0 Å². The maximum Gasteiger partial charge on any atom is 0.228 e. The van der Waals surface area contributed by atoms with Crippen LogP contribution in [0.2, 0.25) is 0 Å². The zero-order valence-corrected chi connectivity index (χ0v) is 13.5. The highest BCUT2D eigenvalue weighted by molar-refractivity contribution is 5.32. The van der Waals surface area contributed by atoms with Crippen LogP contribution < -0.4 is 15.0 Å². The molecule has 118 valence electrons. The van der Waals surface area contributed by atoms with Crippen LogP contribution in [-0.4, -0.2) is 42.8 Å². The molecule has 5 heteroatoms. The number of nitrogens with one attached hydrogen (secondary N) is 1. The first-order valence-electron chi connectivity index (χ1n) is 8.10. The number of anilines is 1. The minimum atomic E-state index is 0.639. The maximum absolute atomic E-state index is 5.45. The van der Waals surface area contributed by atoms with Gasteiger partial charge in [-0.15, -0.1) is 0 Å². The largest absolute Gasteiger partial charge is 0.478 e. The average molecular weight is 292 g/mol. The summed E-state index contributed by atoms with van der Waals surface area (Å²) >= 11 is 0. The molecule has 0 atom stereocenters. The third-order valence-electron chi connectivity index (χ3n) is 3.79. The lowest BCUT2D eigenvalue weighted by atomic mass is 9.97. The predicted molar refractivity (Wildman–Crippen MR) is 85.8 cm³/mol. The van der Waals surface area contributed by atoms with E-state index >= 15 is 0 Å². The highest BCUT2D eigenvalue weighted by atomic mass is 16.5. The maximum atomic E-state index is 5.45. The van der Waals surface area contributed by atoms with Crippen LogP contribution in [0.4, 0.5) is 5.95 Å². The molecular weight excluding hydrogens is 264 g/mol. The molecule has 0 bridgehead atoms. The number of hydrogen-bond donors (Lipinski definition) is 1. The molecule has 0 radical (unpaired) electrons. The number of aromatic nitrogens is 2. The SMILES string of the molecule is CCOc1ccnc(N2CCC(CNCC(C)C)CC2)n1. The van der Waals surface area contributed by atoms with Crippen molar-refractivity contribution < 1.29 is 4.74 Å². The van der Waals surface area contributed by atoms with Crippen LogP contribution in [0.1, 0.15) is 33.6 Å². The summed E-state index contributed by atoms with van der Waals surface area (Å²) in [4.78, 5) is 11.1. The van der Waals surface area contributed by atoms with Crippen molar-refractivity contribution in [3.63, 3.8) is 0 Å². The first-order chi connectivity index (χ1) is 10.2. The topological polar surface area (TPSA) is 50.3 Å². The van der Waals surface area contributed by atoms with Gasteiger partial charge in [-0.05, 0) is 44.7 Å². The van der Waals surface area contributed by atoms with E-state index < -0.39 is 0 Å². The van der Waals surface area contributed by atoms with Gasteiger partial charge in [-0.2, -0.15) is 4.98 Å². The first-order valence-corrected chi connectivity index (χ1v) is 8.10. The first kappa shape index (κ1) is 16.0. The van der Waals surface area contributed by atoms with Gasteiger partial charge in [0.2, 0.25) is 11.8 Å². The Morgan fingerprint density at radius 2 is 2.14 bits per heavy atom. The number of hydrogen-bond acceptors (Lipinski definition) is 5. The Hall–Kier alpha value is -1.36. The van der Waals surface area contributed by atoms with Crippen LogP contribution in [0.3, 0.4) is 0 Å². The molecule has 1 saturated heterocycles. The molecule has 0 unspecified atom stereocenters. The van der Waals surface area contributed by atoms with Crippen molar-refractivity contribution in [2.45, 2.75) is 33.6 Å². The van der Waals surface area contributed by atoms with Gasteiger partial charge in [0.25, 0.3) is 0 Å². The monoisotopic (exact) mass is 292 g/mol. The third-order valence-corrected chi connectivity index (χ3v) is 3.79. The molecule has 21 heavy (non-hydrogen) atoms. The van der Waals surface area contributed by atoms with Crippen molar-refractivity contribution in [2.75, 3.05) is 37.7 Å². The fraction of sp³-hybridized carbons (Fsp3) is 0.750. The summed E-state index contributed by atoms with van der Waals surface area (Å²) in [7, 11) is 0. The minimum Gasteiger partial charge on any atom is -0.478 e. The quantitative estimate of drug-likeness (QED) is 0.836. The highest BCUT2D eigenvalue weighted by Gasteiger charge is 2.21. The summed E-state index contributed by atoms with van der Waals surface area (Å²) in [6, 6.07) is 1.82. The molecule has 1 aliphatic heterocycles. The van der Waals surface area contributed by atoms with E-state index in [1.54, 1.807) is 6.20 Å². The van der Waals surface area contributed by atoms with Crippen LogP contribution in [0.25, 0.3) is 0 Å². The molecule has 2 heterocycles. The van der Waals surface area contributed by atoms with Crippen molar-refractivity contribution in [3.8, 4) is 5.88 Å². The van der Waals surface area contributed by atoms with Crippen LogP contribution in [0.15, 0.2) is 12.3 Å². The van der Waals surface area contributed by atoms with E-state index in [0.29, 0.717) is 12.5 Å². The molecular formula is C16H28N4O. The van der Waals surface area contributed by atoms with Crippen molar-refractivity contribution in [1.82, 2.24) is 15.3 Å². The predicted octanol–water partition coefficient (Wildman–Crippen LogP) is 2.34. The van der Waals surface area contributed by atoms with Gasteiger partial charge in [0.05, 0.1) is 6.61 Å². The van der Waals surface area contributed by atoms with Gasteiger partial charge in [0, 0.05) is 25.4 Å². The molecule has 1 N–H and O–H groups in total. The van der Waals surface area contributed by atoms with Gasteiger partial charge in [0.1, 0.15) is 0 Å². The number of rotatable bonds is 7. The standard InChI is InChI=1S/C16H28N4O/c1-4-21-15-5-8-18-16(19-15)20-9-6-14(7-10-20)12-17-11-13(2)3/h5,8,13-14,17H,4,6-7,9-12H2,1-3H3. The van der Waals surface area contributed by atoms with E-state index in [1.807, 2.05) is 13.0 Å². The number of nitrogens with zero attached hydrogens (tertiary/aromatic N) is 3. The van der Waals surface area contributed by atoms with Crippen LogP contribution in [0, 0.1) is 11.8 Å². The van der Waals surface area contributed by atoms with Crippen molar-refractivity contribution in [1.29, 1.82) is 0 Å². The Morgan fingerprint density at radius 1 is 1.38 bits per heavy atom. The van der Waals surface area contributed by atoms with E-state index in [9.17, 15) is 0 Å². The summed E-state index contributed by atoms with van der Waals surface area (Å²) in [5.41, 5.74) is 0. The fourth-order valence-corrected chi connectivity index (χ4v) is 2.63. The molecule has 0 aliphatic carbocycles. The van der Waals surface area contributed by atoms with E-state index in [-0.39, 0.29) is 0 Å². The zero-order chi connectivity index (χ0) is 15.1. The Bertz CT molecular complexity index is 416. The Labute approximate surface area is 128 Å². The fourth-order valence-electron chi connectivity index (χ4n) is 2.63. The van der Waals surface area contributed by atoms with Crippen LogP contribution >= 0.6 is 0 Å². The molecule has 1 fully saturated rings. The Kier molecular flexibility index (Phi) is 6.23. The lowest BCUT2D eigenvalue weighted by molar-refractivity contribution is 0.325. The molecule has 0 saturated carbocycles. The third kappa shape index (κ3) is 5.16. The molecule has 0 amide bonds. The molecule has 1 aromatic rings. The number of ether oxygens (including phenoxy) is 1. The summed E-state index contributed by atoms with van der Waals surface area (Å²) in [6.45, 7) is 11.4. The van der Waals surface area contributed by atoms with Crippen molar-refractivity contribution >= 4 is 5.95 Å². The highest BCUT2D eigenvalue weighted by Crippen LogP contribution is 2.21. The summed E-state index contributed by atoms with van der Waals surface area (Å²) in [5.74, 6) is 2.97. The van der Waals surface area contributed by atoms with Gasteiger partial charge >= 0.3 is 0 Å². The zero-order valence-electron chi connectivity index (χ0n) is 13.5. The van der Waals surface area contributed by atoms with E-state index in [2.05, 4.69) is 34.0 Å². The smallest absolute Gasteiger partial charge is 0.228 e. The Balaban J connectivity index is 1.79. The number of piperidine rings is 1. The van der Waals surface area contributed by atoms with Crippen LogP contribution in [0.5, 0.6) is 5.88 Å². The van der Waals surface area contributed by atoms with E-state index in [1.165, 1.54) is 12.8 Å². The second kappa shape index (κ2) is 8.17. The van der Waals surface area contributed by atoms with Gasteiger partial charge in [-0.3, -0.25) is 0 Å². The van der Waals surface area contributed by atoms with Gasteiger partial charge in [-0.25, -0.2) is 4.98 Å². The summed E-state index contributed by atoms with van der Waals surface area (Å²) in [5, 5.41) is 3.57. The second-order valence-corrected chi connectivity index (χ2v) is 6.11. The summed E-state index contributed by atoms with van der Waals surface area (Å²) in [6.07, 6.45) is 4.18. The Morgan fingerprint density at radius 3 is 2.81 bits per heavy atom. The van der Waals surface area contributed by atoms with E-state index in [4.69, 9.17) is 4.74 Å². The molecule has 0 aromatic carbocycles. The molecule has 0 spiro atoms. The summed E-state index contributed by atoms with van der Waals surface area (Å²) < 4.78 is 5.45. The normalized spacial score (nSPS) is 16.5. The molecule has 1 aliphatic rings.